The van der Waals surface area contributed by atoms with Crippen LogP contribution in [0.15, 0.2) is 70.9 Å². The van der Waals surface area contributed by atoms with Crippen LogP contribution in [-0.2, 0) is 12.4 Å². The number of nitrogens with two attached hydrogens (primary N) is 1. The number of rotatable bonds is 8. The largest absolute Gasteiger partial charge is 0.496 e. The molecular weight excluding hydrogens is 442 g/mol. The standard InChI is InChI=1S/C25H26ClN3O2S/c1-17-11-22(12-18(2)24(17)26)31-15-21-13-20(9-10-23(21)30-3)14-28-29-25(27)32-16-19-7-5-4-6-8-19/h4-14H,15-16H2,1-3H3,(H2,27,29). The van der Waals surface area contributed by atoms with Gasteiger partial charge in [-0.1, -0.05) is 53.7 Å². The van der Waals surface area contributed by atoms with E-state index in [2.05, 4.69) is 22.3 Å². The number of methoxy groups -OCH3 is 1. The molecule has 0 aromatic heterocycles. The van der Waals surface area contributed by atoms with Gasteiger partial charge in [-0.25, -0.2) is 0 Å². The van der Waals surface area contributed by atoms with Gasteiger partial charge < -0.3 is 15.2 Å². The second-order valence-electron chi connectivity index (χ2n) is 7.19. The first-order valence-electron chi connectivity index (χ1n) is 10.1. The molecule has 32 heavy (non-hydrogen) atoms. The van der Waals surface area contributed by atoms with Crippen LogP contribution in [0.1, 0.15) is 27.8 Å². The van der Waals surface area contributed by atoms with E-state index in [9.17, 15) is 0 Å². The maximum absolute atomic E-state index is 6.25. The van der Waals surface area contributed by atoms with Crippen LogP contribution in [0, 0.1) is 13.8 Å². The van der Waals surface area contributed by atoms with Gasteiger partial charge in [-0.2, -0.15) is 5.10 Å². The van der Waals surface area contributed by atoms with Crippen LogP contribution in [-0.4, -0.2) is 18.5 Å². The van der Waals surface area contributed by atoms with Crippen molar-refractivity contribution >= 4 is 34.7 Å². The molecule has 2 N–H and O–H groups in total. The number of benzene rings is 3. The maximum Gasteiger partial charge on any atom is 0.180 e. The number of halogens is 1. The van der Waals surface area contributed by atoms with Crippen molar-refractivity contribution < 1.29 is 9.47 Å². The van der Waals surface area contributed by atoms with Crippen LogP contribution in [0.4, 0.5) is 0 Å². The van der Waals surface area contributed by atoms with E-state index in [1.165, 1.54) is 17.3 Å². The highest BCUT2D eigenvalue weighted by molar-refractivity contribution is 8.13. The number of amidine groups is 1. The minimum atomic E-state index is 0.351. The molecule has 7 heteroatoms. The molecule has 0 saturated carbocycles. The van der Waals surface area contributed by atoms with E-state index >= 15 is 0 Å². The Labute approximate surface area is 198 Å². The SMILES string of the molecule is COc1ccc(C=NN=C(N)SCc2ccccc2)cc1COc1cc(C)c(Cl)c(C)c1. The Morgan fingerprint density at radius 2 is 1.78 bits per heavy atom. The van der Waals surface area contributed by atoms with Crippen LogP contribution in [0.25, 0.3) is 0 Å². The molecule has 0 radical (unpaired) electrons. The summed E-state index contributed by atoms with van der Waals surface area (Å²) in [4.78, 5) is 0. The normalized spacial score (nSPS) is 11.7. The Balaban J connectivity index is 1.64. The maximum atomic E-state index is 6.25. The minimum absolute atomic E-state index is 0.351. The van der Waals surface area contributed by atoms with Crippen LogP contribution < -0.4 is 15.2 Å². The summed E-state index contributed by atoms with van der Waals surface area (Å²) in [5, 5.41) is 9.37. The lowest BCUT2D eigenvalue weighted by Gasteiger charge is -2.13. The number of thioether (sulfide) groups is 1. The lowest BCUT2D eigenvalue weighted by atomic mass is 10.1. The van der Waals surface area contributed by atoms with Crippen molar-refractivity contribution in [1.29, 1.82) is 0 Å². The zero-order valence-electron chi connectivity index (χ0n) is 18.3. The smallest absolute Gasteiger partial charge is 0.180 e. The Morgan fingerprint density at radius 1 is 1.06 bits per heavy atom. The number of ether oxygens (including phenoxy) is 2. The molecule has 0 heterocycles. The highest BCUT2D eigenvalue weighted by Crippen LogP contribution is 2.27. The van der Waals surface area contributed by atoms with Crippen molar-refractivity contribution in [3.63, 3.8) is 0 Å². The summed E-state index contributed by atoms with van der Waals surface area (Å²) < 4.78 is 11.5. The fourth-order valence-corrected chi connectivity index (χ4v) is 3.78. The third-order valence-electron chi connectivity index (χ3n) is 4.70. The second-order valence-corrected chi connectivity index (χ2v) is 8.56. The number of hydrogen-bond acceptors (Lipinski definition) is 5. The summed E-state index contributed by atoms with van der Waals surface area (Å²) in [5.74, 6) is 2.25. The Hall–Kier alpha value is -2.96. The molecule has 3 aromatic rings. The van der Waals surface area contributed by atoms with Gasteiger partial charge in [0.2, 0.25) is 0 Å². The number of nitrogens with zero attached hydrogens (tertiary/aromatic N) is 2. The molecule has 0 amide bonds. The molecule has 0 spiro atoms. The lowest BCUT2D eigenvalue weighted by Crippen LogP contribution is -2.06. The summed E-state index contributed by atoms with van der Waals surface area (Å²) in [6, 6.07) is 19.7. The average molecular weight is 468 g/mol. The molecule has 0 aliphatic heterocycles. The first-order chi connectivity index (χ1) is 15.5. The second kappa shape index (κ2) is 11.6. The van der Waals surface area contributed by atoms with Gasteiger partial charge in [0.05, 0.1) is 13.3 Å². The highest BCUT2D eigenvalue weighted by Gasteiger charge is 2.08. The van der Waals surface area contributed by atoms with Crippen molar-refractivity contribution in [2.24, 2.45) is 15.9 Å². The summed E-state index contributed by atoms with van der Waals surface area (Å²) in [5.41, 5.74) is 10.9. The molecule has 166 valence electrons. The topological polar surface area (TPSA) is 69.2 Å². The zero-order valence-corrected chi connectivity index (χ0v) is 19.9. The van der Waals surface area contributed by atoms with Crippen molar-refractivity contribution in [1.82, 2.24) is 0 Å². The quantitative estimate of drug-likeness (QED) is 0.246. The Morgan fingerprint density at radius 3 is 2.47 bits per heavy atom. The summed E-state index contributed by atoms with van der Waals surface area (Å²) >= 11 is 7.69. The van der Waals surface area contributed by atoms with Crippen LogP contribution in [0.2, 0.25) is 5.02 Å². The number of aryl methyl sites for hydroxylation is 2. The molecule has 0 aliphatic carbocycles. The van der Waals surface area contributed by atoms with Crippen molar-refractivity contribution in [3.8, 4) is 11.5 Å². The molecule has 5 nitrogen and oxygen atoms in total. The fourth-order valence-electron chi connectivity index (χ4n) is 3.06. The van der Waals surface area contributed by atoms with Crippen LogP contribution in [0.3, 0.4) is 0 Å². The van der Waals surface area contributed by atoms with Gasteiger partial charge in [-0.15, -0.1) is 5.10 Å². The van der Waals surface area contributed by atoms with Gasteiger partial charge in [0.25, 0.3) is 0 Å². The monoisotopic (exact) mass is 467 g/mol. The third-order valence-corrected chi connectivity index (χ3v) is 6.15. The van der Waals surface area contributed by atoms with E-state index in [1.807, 2.05) is 62.4 Å². The van der Waals surface area contributed by atoms with Crippen molar-refractivity contribution in [2.45, 2.75) is 26.2 Å². The van der Waals surface area contributed by atoms with Gasteiger partial charge in [0, 0.05) is 16.3 Å². The molecule has 0 fully saturated rings. The van der Waals surface area contributed by atoms with Crippen molar-refractivity contribution in [3.05, 3.63) is 93.5 Å². The molecule has 3 aromatic carbocycles. The van der Waals surface area contributed by atoms with E-state index in [0.29, 0.717) is 11.8 Å². The van der Waals surface area contributed by atoms with E-state index in [0.717, 1.165) is 44.5 Å². The van der Waals surface area contributed by atoms with Crippen molar-refractivity contribution in [2.75, 3.05) is 7.11 Å². The highest BCUT2D eigenvalue weighted by atomic mass is 35.5. The third kappa shape index (κ3) is 6.77. The molecule has 0 saturated heterocycles. The summed E-state index contributed by atoms with van der Waals surface area (Å²) in [7, 11) is 1.64. The van der Waals surface area contributed by atoms with E-state index < -0.39 is 0 Å². The first-order valence-corrected chi connectivity index (χ1v) is 11.4. The van der Waals surface area contributed by atoms with Gasteiger partial charge in [-0.3, -0.25) is 0 Å². The first kappa shape index (κ1) is 23.7. The molecule has 0 atom stereocenters. The average Bonchev–Trinajstić information content (AvgIpc) is 2.80. The Kier molecular flexibility index (Phi) is 8.59. The Bertz CT molecular complexity index is 1090. The van der Waals surface area contributed by atoms with Crippen LogP contribution >= 0.6 is 23.4 Å². The van der Waals surface area contributed by atoms with E-state index in [-0.39, 0.29) is 0 Å². The van der Waals surface area contributed by atoms with Crippen LogP contribution in [0.5, 0.6) is 11.5 Å². The predicted octanol–water partition coefficient (Wildman–Crippen LogP) is 6.13. The fraction of sp³-hybridized carbons (Fsp3) is 0.200. The predicted molar refractivity (Wildman–Crippen MR) is 135 cm³/mol. The van der Waals surface area contributed by atoms with Gasteiger partial charge >= 0.3 is 0 Å². The van der Waals surface area contributed by atoms with E-state index in [4.69, 9.17) is 26.8 Å². The zero-order chi connectivity index (χ0) is 22.9. The summed E-state index contributed by atoms with van der Waals surface area (Å²) in [6.45, 7) is 4.28. The molecule has 0 aliphatic rings. The lowest BCUT2D eigenvalue weighted by molar-refractivity contribution is 0.296. The molecule has 0 bridgehead atoms. The van der Waals surface area contributed by atoms with Gasteiger partial charge in [0.1, 0.15) is 18.1 Å². The van der Waals surface area contributed by atoms with E-state index in [1.54, 1.807) is 13.3 Å². The van der Waals surface area contributed by atoms with Gasteiger partial charge in [-0.05, 0) is 66.4 Å². The minimum Gasteiger partial charge on any atom is -0.496 e. The molecule has 3 rings (SSSR count). The summed E-state index contributed by atoms with van der Waals surface area (Å²) in [6.07, 6.45) is 1.66. The van der Waals surface area contributed by atoms with Gasteiger partial charge in [0.15, 0.2) is 5.17 Å². The molecular formula is C25H26ClN3O2S. The number of hydrogen-bond donors (Lipinski definition) is 1. The molecule has 0 unspecified atom stereocenters.